The predicted octanol–water partition coefficient (Wildman–Crippen LogP) is 3.02. The van der Waals surface area contributed by atoms with Crippen molar-refractivity contribution < 1.29 is 23.8 Å². The molecule has 0 unspecified atom stereocenters. The fourth-order valence-electron chi connectivity index (χ4n) is 1.97. The van der Waals surface area contributed by atoms with E-state index in [1.165, 1.54) is 20.3 Å². The molecular weight excluding hydrogens is 298 g/mol. The van der Waals surface area contributed by atoms with E-state index in [0.717, 1.165) is 6.42 Å². The average Bonchev–Trinajstić information content (AvgIpc) is 2.58. The summed E-state index contributed by atoms with van der Waals surface area (Å²) in [5.41, 5.74) is -0.182. The number of hydrogen-bond acceptors (Lipinski definition) is 5. The molecular formula is C17H25NO5. The molecule has 0 bridgehead atoms. The molecule has 1 atom stereocenters. The average molecular weight is 323 g/mol. The molecule has 0 heterocycles. The fourth-order valence-corrected chi connectivity index (χ4v) is 1.97. The lowest BCUT2D eigenvalue weighted by molar-refractivity contribution is -0.139. The van der Waals surface area contributed by atoms with E-state index in [2.05, 4.69) is 5.32 Å². The molecule has 0 saturated carbocycles. The molecule has 0 aliphatic heterocycles. The minimum absolute atomic E-state index is 0.250. The summed E-state index contributed by atoms with van der Waals surface area (Å²) < 4.78 is 15.5. The van der Waals surface area contributed by atoms with Crippen molar-refractivity contribution in [2.75, 3.05) is 26.1 Å². The number of amides is 1. The Bertz CT molecular complexity index is 558. The zero-order valence-corrected chi connectivity index (χ0v) is 14.4. The van der Waals surface area contributed by atoms with Crippen molar-refractivity contribution in [3.05, 3.63) is 23.8 Å². The van der Waals surface area contributed by atoms with Gasteiger partial charge < -0.3 is 19.5 Å². The first-order valence-corrected chi connectivity index (χ1v) is 7.63. The largest absolute Gasteiger partial charge is 0.496 e. The van der Waals surface area contributed by atoms with Crippen LogP contribution in [0.15, 0.2) is 18.2 Å². The van der Waals surface area contributed by atoms with Gasteiger partial charge in [-0.2, -0.15) is 0 Å². The van der Waals surface area contributed by atoms with E-state index in [-0.39, 0.29) is 11.5 Å². The van der Waals surface area contributed by atoms with Gasteiger partial charge >= 0.3 is 5.97 Å². The van der Waals surface area contributed by atoms with Crippen molar-refractivity contribution in [2.45, 2.75) is 39.2 Å². The maximum Gasteiger partial charge on any atom is 0.341 e. The summed E-state index contributed by atoms with van der Waals surface area (Å²) in [6, 6.07) is 4.80. The molecule has 23 heavy (non-hydrogen) atoms. The molecule has 1 aromatic rings. The van der Waals surface area contributed by atoms with Crippen LogP contribution in [0.3, 0.4) is 0 Å². The Morgan fingerprint density at radius 1 is 1.22 bits per heavy atom. The molecule has 0 saturated heterocycles. The number of nitrogens with one attached hydrogen (secondary N) is 1. The minimum Gasteiger partial charge on any atom is -0.496 e. The first kappa shape index (κ1) is 19.0. The Hall–Kier alpha value is -2.08. The molecule has 0 spiro atoms. The van der Waals surface area contributed by atoms with Crippen molar-refractivity contribution >= 4 is 17.6 Å². The van der Waals surface area contributed by atoms with Gasteiger partial charge in [0.15, 0.2) is 0 Å². The highest BCUT2D eigenvalue weighted by Gasteiger charge is 2.32. The van der Waals surface area contributed by atoms with E-state index in [1.807, 2.05) is 13.8 Å². The number of ether oxygens (including phenoxy) is 3. The second-order valence-corrected chi connectivity index (χ2v) is 5.29. The van der Waals surface area contributed by atoms with Crippen LogP contribution in [0.2, 0.25) is 0 Å². The Kier molecular flexibility index (Phi) is 7.03. The van der Waals surface area contributed by atoms with Gasteiger partial charge in [-0.1, -0.05) is 13.8 Å². The van der Waals surface area contributed by atoms with Crippen molar-refractivity contribution in [1.82, 2.24) is 0 Å². The van der Waals surface area contributed by atoms with Crippen molar-refractivity contribution in [2.24, 2.45) is 0 Å². The van der Waals surface area contributed by atoms with Gasteiger partial charge in [0.25, 0.3) is 5.91 Å². The zero-order valence-electron chi connectivity index (χ0n) is 14.4. The zero-order chi connectivity index (χ0) is 17.5. The van der Waals surface area contributed by atoms with Gasteiger partial charge in [-0.3, -0.25) is 4.79 Å². The topological polar surface area (TPSA) is 73.9 Å². The molecule has 6 heteroatoms. The van der Waals surface area contributed by atoms with Crippen LogP contribution in [0.25, 0.3) is 0 Å². The summed E-state index contributed by atoms with van der Waals surface area (Å²) in [4.78, 5) is 24.3. The van der Waals surface area contributed by atoms with Crippen LogP contribution in [-0.2, 0) is 14.3 Å². The lowest BCUT2D eigenvalue weighted by atomic mass is 10.0. The Morgan fingerprint density at radius 3 is 2.43 bits per heavy atom. The van der Waals surface area contributed by atoms with E-state index >= 15 is 0 Å². The standard InChI is InChI=1S/C17H25NO5/c1-6-10-23-17(3,7-2)16(20)18-12-8-9-14(21-4)13(11-12)15(19)22-5/h8-9,11H,6-7,10H2,1-5H3,(H,18,20)/t17-/m1/s1. The highest BCUT2D eigenvalue weighted by atomic mass is 16.5. The van der Waals surface area contributed by atoms with E-state index in [4.69, 9.17) is 14.2 Å². The van der Waals surface area contributed by atoms with E-state index in [9.17, 15) is 9.59 Å². The number of hydrogen-bond donors (Lipinski definition) is 1. The first-order chi connectivity index (χ1) is 10.9. The summed E-state index contributed by atoms with van der Waals surface area (Å²) in [5, 5.41) is 2.79. The summed E-state index contributed by atoms with van der Waals surface area (Å²) >= 11 is 0. The smallest absolute Gasteiger partial charge is 0.341 e. The summed E-state index contributed by atoms with van der Waals surface area (Å²) in [6.07, 6.45) is 1.37. The number of anilines is 1. The number of benzene rings is 1. The highest BCUT2D eigenvalue weighted by Crippen LogP contribution is 2.25. The van der Waals surface area contributed by atoms with Crippen LogP contribution in [0, 0.1) is 0 Å². The molecule has 1 rings (SSSR count). The maximum atomic E-state index is 12.5. The van der Waals surface area contributed by atoms with E-state index in [1.54, 1.807) is 19.1 Å². The predicted molar refractivity (Wildman–Crippen MR) is 87.9 cm³/mol. The van der Waals surface area contributed by atoms with Gasteiger partial charge in [0, 0.05) is 12.3 Å². The second-order valence-electron chi connectivity index (χ2n) is 5.29. The van der Waals surface area contributed by atoms with Gasteiger partial charge in [0.05, 0.1) is 14.2 Å². The monoisotopic (exact) mass is 323 g/mol. The fraction of sp³-hybridized carbons (Fsp3) is 0.529. The van der Waals surface area contributed by atoms with Crippen LogP contribution in [-0.4, -0.2) is 38.3 Å². The lowest BCUT2D eigenvalue weighted by Gasteiger charge is -2.27. The number of carbonyl (C=O) groups is 2. The van der Waals surface area contributed by atoms with E-state index in [0.29, 0.717) is 24.5 Å². The number of carbonyl (C=O) groups excluding carboxylic acids is 2. The SMILES string of the molecule is CCCO[C@](C)(CC)C(=O)Nc1ccc(OC)c(C(=O)OC)c1. The molecule has 0 aliphatic carbocycles. The Labute approximate surface area is 137 Å². The van der Waals surface area contributed by atoms with Crippen LogP contribution >= 0.6 is 0 Å². The third-order valence-corrected chi connectivity index (χ3v) is 3.64. The molecule has 0 aliphatic rings. The van der Waals surface area contributed by atoms with Gasteiger partial charge in [0.2, 0.25) is 0 Å². The number of methoxy groups -OCH3 is 2. The van der Waals surface area contributed by atoms with Crippen molar-refractivity contribution in [3.63, 3.8) is 0 Å². The molecule has 0 fully saturated rings. The summed E-state index contributed by atoms with van der Waals surface area (Å²) in [7, 11) is 2.76. The molecule has 1 amide bonds. The van der Waals surface area contributed by atoms with E-state index < -0.39 is 11.6 Å². The lowest BCUT2D eigenvalue weighted by Crippen LogP contribution is -2.42. The van der Waals surface area contributed by atoms with Crippen LogP contribution < -0.4 is 10.1 Å². The van der Waals surface area contributed by atoms with Crippen molar-refractivity contribution in [1.29, 1.82) is 0 Å². The molecule has 0 aromatic heterocycles. The number of rotatable bonds is 8. The normalized spacial score (nSPS) is 13.1. The van der Waals surface area contributed by atoms with Crippen LogP contribution in [0.1, 0.15) is 44.0 Å². The Balaban J connectivity index is 2.99. The third kappa shape index (κ3) is 4.69. The minimum atomic E-state index is -0.915. The summed E-state index contributed by atoms with van der Waals surface area (Å²) in [5.74, 6) is -0.400. The van der Waals surface area contributed by atoms with Gasteiger partial charge in [-0.05, 0) is 38.0 Å². The molecule has 128 valence electrons. The molecule has 0 radical (unpaired) electrons. The maximum absolute atomic E-state index is 12.5. The molecule has 6 nitrogen and oxygen atoms in total. The second kappa shape index (κ2) is 8.53. The van der Waals surface area contributed by atoms with Gasteiger partial charge in [-0.15, -0.1) is 0 Å². The van der Waals surface area contributed by atoms with Crippen LogP contribution in [0.4, 0.5) is 5.69 Å². The van der Waals surface area contributed by atoms with Crippen LogP contribution in [0.5, 0.6) is 5.75 Å². The quantitative estimate of drug-likeness (QED) is 0.744. The molecule has 1 N–H and O–H groups in total. The van der Waals surface area contributed by atoms with Gasteiger partial charge in [0.1, 0.15) is 16.9 Å². The molecule has 1 aromatic carbocycles. The Morgan fingerprint density at radius 2 is 1.91 bits per heavy atom. The summed E-state index contributed by atoms with van der Waals surface area (Å²) in [6.45, 7) is 6.14. The van der Waals surface area contributed by atoms with Gasteiger partial charge in [-0.25, -0.2) is 4.79 Å². The van der Waals surface area contributed by atoms with Crippen molar-refractivity contribution in [3.8, 4) is 5.75 Å². The first-order valence-electron chi connectivity index (χ1n) is 7.63. The highest BCUT2D eigenvalue weighted by molar-refractivity contribution is 5.99. The third-order valence-electron chi connectivity index (χ3n) is 3.64. The number of esters is 1.